The lowest BCUT2D eigenvalue weighted by Crippen LogP contribution is -2.37. The quantitative estimate of drug-likeness (QED) is 0.617. The number of fused-ring (bicyclic) bond motifs is 2. The fourth-order valence-corrected chi connectivity index (χ4v) is 4.98. The van der Waals surface area contributed by atoms with E-state index in [1.165, 1.54) is 16.9 Å². The van der Waals surface area contributed by atoms with Crippen molar-refractivity contribution in [1.82, 2.24) is 29.9 Å². The Morgan fingerprint density at radius 3 is 2.72 bits per heavy atom. The van der Waals surface area contributed by atoms with E-state index in [0.717, 1.165) is 37.2 Å². The minimum atomic E-state index is -4.40. The molecule has 0 N–H and O–H groups in total. The standard InChI is InChI=1S/C22H21F3N6O/c1-13-2-6-18(20(28-13)30-9-8-27-29-30)21(32)31-17-5-7-19(31)14(11-17)10-16-4-3-15(12-26-16)22(23,24)25/h2-4,6,8-9,12,14,17,19H,5,7,10-11H2,1H3. The van der Waals surface area contributed by atoms with E-state index in [1.807, 2.05) is 11.8 Å². The number of rotatable bonds is 4. The first kappa shape index (κ1) is 20.6. The van der Waals surface area contributed by atoms with Crippen molar-refractivity contribution in [2.45, 2.75) is 50.9 Å². The first-order chi connectivity index (χ1) is 15.3. The molecule has 7 nitrogen and oxygen atoms in total. The summed E-state index contributed by atoms with van der Waals surface area (Å²) in [5, 5.41) is 7.81. The third kappa shape index (κ3) is 3.63. The van der Waals surface area contributed by atoms with Gasteiger partial charge in [-0.3, -0.25) is 9.78 Å². The van der Waals surface area contributed by atoms with Gasteiger partial charge in [0.05, 0.1) is 23.5 Å². The van der Waals surface area contributed by atoms with E-state index in [0.29, 0.717) is 23.5 Å². The maximum absolute atomic E-state index is 13.6. The third-order valence-corrected chi connectivity index (χ3v) is 6.41. The van der Waals surface area contributed by atoms with Crippen molar-refractivity contribution in [2.75, 3.05) is 0 Å². The molecule has 1 amide bonds. The molecule has 5 heterocycles. The average Bonchev–Trinajstić information content (AvgIpc) is 3.49. The SMILES string of the molecule is Cc1ccc(C(=O)N2C3CCC2C(Cc2ccc(C(F)(F)F)cn2)C3)c(-n2ccnn2)n1. The van der Waals surface area contributed by atoms with Crippen LogP contribution in [0.4, 0.5) is 13.2 Å². The molecule has 0 radical (unpaired) electrons. The zero-order valence-electron chi connectivity index (χ0n) is 17.3. The van der Waals surface area contributed by atoms with E-state index >= 15 is 0 Å². The Morgan fingerprint density at radius 2 is 2.03 bits per heavy atom. The molecule has 3 unspecified atom stereocenters. The normalized spacial score (nSPS) is 22.5. The number of hydrogen-bond acceptors (Lipinski definition) is 5. The second-order valence-corrected chi connectivity index (χ2v) is 8.42. The highest BCUT2D eigenvalue weighted by Crippen LogP contribution is 2.44. The van der Waals surface area contributed by atoms with Gasteiger partial charge in [0.1, 0.15) is 0 Å². The number of aryl methyl sites for hydroxylation is 1. The van der Waals surface area contributed by atoms with Crippen LogP contribution in [-0.4, -0.2) is 47.9 Å². The Balaban J connectivity index is 1.37. The van der Waals surface area contributed by atoms with Gasteiger partial charge in [-0.2, -0.15) is 13.2 Å². The van der Waals surface area contributed by atoms with Crippen molar-refractivity contribution in [3.8, 4) is 5.82 Å². The number of nitrogens with zero attached hydrogens (tertiary/aromatic N) is 6. The number of pyridine rings is 2. The number of carbonyl (C=O) groups is 1. The summed E-state index contributed by atoms with van der Waals surface area (Å²) in [5.41, 5.74) is 1.09. The Kier molecular flexibility index (Phi) is 4.94. The molecule has 2 aliphatic rings. The summed E-state index contributed by atoms with van der Waals surface area (Å²) >= 11 is 0. The zero-order chi connectivity index (χ0) is 22.5. The van der Waals surface area contributed by atoms with Crippen LogP contribution in [0, 0.1) is 12.8 Å². The molecule has 2 fully saturated rings. The summed E-state index contributed by atoms with van der Waals surface area (Å²) < 4.78 is 39.9. The van der Waals surface area contributed by atoms with Crippen LogP contribution >= 0.6 is 0 Å². The number of hydrogen-bond donors (Lipinski definition) is 0. The minimum Gasteiger partial charge on any atom is -0.332 e. The van der Waals surface area contributed by atoms with Crippen molar-refractivity contribution >= 4 is 5.91 Å². The summed E-state index contributed by atoms with van der Waals surface area (Å²) in [6.07, 6.45) is 2.83. The molecule has 0 aromatic carbocycles. The molecule has 32 heavy (non-hydrogen) atoms. The molecule has 0 spiro atoms. The van der Waals surface area contributed by atoms with E-state index in [2.05, 4.69) is 20.3 Å². The number of aromatic nitrogens is 5. The predicted octanol–water partition coefficient (Wildman–Crippen LogP) is 3.62. The molecule has 3 aromatic rings. The molecule has 166 valence electrons. The summed E-state index contributed by atoms with van der Waals surface area (Å²) in [6.45, 7) is 1.85. The van der Waals surface area contributed by atoms with Crippen molar-refractivity contribution in [3.05, 3.63) is 65.4 Å². The Hall–Kier alpha value is -3.30. The monoisotopic (exact) mass is 442 g/mol. The maximum Gasteiger partial charge on any atom is 0.417 e. The van der Waals surface area contributed by atoms with Gasteiger partial charge in [0.15, 0.2) is 5.82 Å². The van der Waals surface area contributed by atoms with Crippen LogP contribution in [0.15, 0.2) is 42.9 Å². The van der Waals surface area contributed by atoms with Crippen molar-refractivity contribution in [2.24, 2.45) is 5.92 Å². The van der Waals surface area contributed by atoms with Crippen LogP contribution in [-0.2, 0) is 12.6 Å². The molecule has 3 atom stereocenters. The maximum atomic E-state index is 13.6. The van der Waals surface area contributed by atoms with Gasteiger partial charge in [-0.1, -0.05) is 5.21 Å². The highest BCUT2D eigenvalue weighted by atomic mass is 19.4. The van der Waals surface area contributed by atoms with E-state index in [9.17, 15) is 18.0 Å². The molecule has 5 rings (SSSR count). The third-order valence-electron chi connectivity index (χ3n) is 6.41. The zero-order valence-corrected chi connectivity index (χ0v) is 17.3. The van der Waals surface area contributed by atoms with E-state index in [4.69, 9.17) is 0 Å². The average molecular weight is 442 g/mol. The van der Waals surface area contributed by atoms with Gasteiger partial charge in [0, 0.05) is 29.7 Å². The highest BCUT2D eigenvalue weighted by Gasteiger charge is 2.49. The minimum absolute atomic E-state index is 0.0292. The van der Waals surface area contributed by atoms with Gasteiger partial charge in [0.25, 0.3) is 5.91 Å². The second kappa shape index (κ2) is 7.68. The summed E-state index contributed by atoms with van der Waals surface area (Å²) in [4.78, 5) is 24.0. The molecule has 2 saturated heterocycles. The van der Waals surface area contributed by atoms with Gasteiger partial charge < -0.3 is 4.90 Å². The summed E-state index contributed by atoms with van der Waals surface area (Å²) in [5.74, 6) is 0.508. The molecule has 0 aliphatic carbocycles. The van der Waals surface area contributed by atoms with Crippen molar-refractivity contribution < 1.29 is 18.0 Å². The van der Waals surface area contributed by atoms with Crippen molar-refractivity contribution in [1.29, 1.82) is 0 Å². The van der Waals surface area contributed by atoms with Crippen LogP contribution in [0.3, 0.4) is 0 Å². The van der Waals surface area contributed by atoms with Gasteiger partial charge >= 0.3 is 6.18 Å². The molecule has 10 heteroatoms. The van der Waals surface area contributed by atoms with Gasteiger partial charge in [-0.15, -0.1) is 5.10 Å². The fourth-order valence-electron chi connectivity index (χ4n) is 4.98. The van der Waals surface area contributed by atoms with Crippen LogP contribution in [0.2, 0.25) is 0 Å². The Bertz CT molecular complexity index is 1130. The Morgan fingerprint density at radius 1 is 1.19 bits per heavy atom. The van der Waals surface area contributed by atoms with Crippen LogP contribution < -0.4 is 0 Å². The molecule has 2 aliphatic heterocycles. The predicted molar refractivity (Wildman–Crippen MR) is 108 cm³/mol. The topological polar surface area (TPSA) is 76.8 Å². The Labute approximate surface area is 182 Å². The summed E-state index contributed by atoms with van der Waals surface area (Å²) in [6, 6.07) is 6.22. The van der Waals surface area contributed by atoms with Gasteiger partial charge in [-0.25, -0.2) is 9.67 Å². The number of carbonyl (C=O) groups excluding carboxylic acids is 1. The fraction of sp³-hybridized carbons (Fsp3) is 0.409. The van der Waals surface area contributed by atoms with Crippen LogP contribution in [0.25, 0.3) is 5.82 Å². The molecule has 3 aromatic heterocycles. The van der Waals surface area contributed by atoms with Crippen molar-refractivity contribution in [3.63, 3.8) is 0 Å². The lowest BCUT2D eigenvalue weighted by molar-refractivity contribution is -0.137. The lowest BCUT2D eigenvalue weighted by atomic mass is 9.86. The smallest absolute Gasteiger partial charge is 0.332 e. The number of amides is 1. The van der Waals surface area contributed by atoms with Gasteiger partial charge in [0.2, 0.25) is 0 Å². The highest BCUT2D eigenvalue weighted by molar-refractivity contribution is 5.98. The van der Waals surface area contributed by atoms with Crippen LogP contribution in [0.1, 0.15) is 46.6 Å². The van der Waals surface area contributed by atoms with E-state index < -0.39 is 11.7 Å². The molecular formula is C22H21F3N6O. The summed E-state index contributed by atoms with van der Waals surface area (Å²) in [7, 11) is 0. The number of alkyl halides is 3. The largest absolute Gasteiger partial charge is 0.417 e. The number of halogens is 3. The second-order valence-electron chi connectivity index (χ2n) is 8.42. The molecular weight excluding hydrogens is 421 g/mol. The van der Waals surface area contributed by atoms with E-state index in [1.54, 1.807) is 18.3 Å². The molecule has 0 saturated carbocycles. The first-order valence-electron chi connectivity index (χ1n) is 10.5. The van der Waals surface area contributed by atoms with Crippen LogP contribution in [0.5, 0.6) is 0 Å². The lowest BCUT2D eigenvalue weighted by Gasteiger charge is -2.25. The van der Waals surface area contributed by atoms with Gasteiger partial charge in [-0.05, 0) is 62.8 Å². The molecule has 2 bridgehead atoms. The van der Waals surface area contributed by atoms with E-state index in [-0.39, 0.29) is 23.9 Å². The first-order valence-corrected chi connectivity index (χ1v) is 10.5.